The van der Waals surface area contributed by atoms with Crippen LogP contribution < -0.4 is 19.8 Å². The number of ether oxygens (including phenoxy) is 3. The van der Waals surface area contributed by atoms with Crippen molar-refractivity contribution in [2.24, 2.45) is 0 Å². The fourth-order valence-corrected chi connectivity index (χ4v) is 1.65. The number of benzene rings is 1. The lowest BCUT2D eigenvalue weighted by Crippen LogP contribution is -1.99. The Balaban J connectivity index is 2.89. The summed E-state index contributed by atoms with van der Waals surface area (Å²) in [6.07, 6.45) is 0. The van der Waals surface area contributed by atoms with E-state index in [9.17, 15) is 4.79 Å². The Morgan fingerprint density at radius 3 is 2.25 bits per heavy atom. The Kier molecular flexibility index (Phi) is 2.47. The second-order valence-corrected chi connectivity index (χ2v) is 3.15. The number of fused-ring (bicyclic) bond motifs is 1. The molecule has 2 aromatic rings. The highest BCUT2D eigenvalue weighted by atomic mass is 16.5. The maximum absolute atomic E-state index is 11.5. The van der Waals surface area contributed by atoms with Gasteiger partial charge in [-0.2, -0.15) is 0 Å². The van der Waals surface area contributed by atoms with Crippen molar-refractivity contribution >= 4 is 10.9 Å². The summed E-state index contributed by atoms with van der Waals surface area (Å²) in [6, 6.07) is 1.60. The molecule has 0 atom stereocenters. The molecule has 0 saturated carbocycles. The molecule has 1 heterocycles. The van der Waals surface area contributed by atoms with Crippen LogP contribution >= 0.6 is 0 Å². The Morgan fingerprint density at radius 1 is 1.00 bits per heavy atom. The van der Waals surface area contributed by atoms with Crippen LogP contribution in [-0.2, 0) is 0 Å². The van der Waals surface area contributed by atoms with E-state index < -0.39 is 0 Å². The molecule has 0 aliphatic carbocycles. The van der Waals surface area contributed by atoms with Crippen molar-refractivity contribution in [3.8, 4) is 17.2 Å². The largest absolute Gasteiger partial charge is 0.493 e. The van der Waals surface area contributed by atoms with E-state index in [2.05, 4.69) is 10.2 Å². The van der Waals surface area contributed by atoms with Gasteiger partial charge >= 0.3 is 0 Å². The van der Waals surface area contributed by atoms with Crippen LogP contribution in [0.5, 0.6) is 17.2 Å². The van der Waals surface area contributed by atoms with Gasteiger partial charge < -0.3 is 14.2 Å². The van der Waals surface area contributed by atoms with Crippen molar-refractivity contribution in [2.75, 3.05) is 21.3 Å². The number of rotatable bonds is 3. The van der Waals surface area contributed by atoms with Gasteiger partial charge in [0.15, 0.2) is 11.5 Å². The fourth-order valence-electron chi connectivity index (χ4n) is 1.65. The average Bonchev–Trinajstić information content (AvgIpc) is 2.68. The van der Waals surface area contributed by atoms with Gasteiger partial charge in [0.2, 0.25) is 5.75 Å². The van der Waals surface area contributed by atoms with E-state index in [4.69, 9.17) is 14.2 Å². The van der Waals surface area contributed by atoms with E-state index in [-0.39, 0.29) is 5.56 Å². The minimum absolute atomic E-state index is 0.228. The lowest BCUT2D eigenvalue weighted by molar-refractivity contribution is 0.327. The lowest BCUT2D eigenvalue weighted by Gasteiger charge is -2.11. The quantitative estimate of drug-likeness (QED) is 0.811. The number of nitrogens with one attached hydrogen (secondary N) is 2. The second-order valence-electron chi connectivity index (χ2n) is 3.15. The third-order valence-electron chi connectivity index (χ3n) is 2.38. The van der Waals surface area contributed by atoms with E-state index in [1.54, 1.807) is 6.07 Å². The Labute approximate surface area is 91.1 Å². The maximum atomic E-state index is 11.5. The molecule has 2 N–H and O–H groups in total. The minimum atomic E-state index is -0.228. The number of aromatic amines is 2. The molecule has 0 unspecified atom stereocenters. The van der Waals surface area contributed by atoms with Crippen LogP contribution in [0.2, 0.25) is 0 Å². The highest BCUT2D eigenvalue weighted by Crippen LogP contribution is 2.41. The van der Waals surface area contributed by atoms with Gasteiger partial charge in [0.05, 0.1) is 26.7 Å². The number of aromatic nitrogens is 2. The molecule has 1 aromatic carbocycles. The Morgan fingerprint density at radius 2 is 1.69 bits per heavy atom. The first kappa shape index (κ1) is 10.4. The van der Waals surface area contributed by atoms with Gasteiger partial charge in [-0.25, -0.2) is 0 Å². The highest BCUT2D eigenvalue weighted by molar-refractivity contribution is 5.89. The van der Waals surface area contributed by atoms with E-state index in [1.165, 1.54) is 21.3 Å². The van der Waals surface area contributed by atoms with Gasteiger partial charge in [0, 0.05) is 0 Å². The molecule has 0 amide bonds. The van der Waals surface area contributed by atoms with E-state index >= 15 is 0 Å². The number of H-pyrrole nitrogens is 2. The normalized spacial score (nSPS) is 10.4. The molecule has 0 fully saturated rings. The molecule has 6 heteroatoms. The topological polar surface area (TPSA) is 76.3 Å². The molecule has 0 saturated heterocycles. The molecule has 0 spiro atoms. The van der Waals surface area contributed by atoms with E-state index in [0.29, 0.717) is 28.2 Å². The van der Waals surface area contributed by atoms with Gasteiger partial charge in [-0.15, -0.1) is 0 Å². The zero-order chi connectivity index (χ0) is 11.7. The van der Waals surface area contributed by atoms with Crippen LogP contribution in [0.4, 0.5) is 0 Å². The van der Waals surface area contributed by atoms with Crippen LogP contribution in [0, 0.1) is 0 Å². The minimum Gasteiger partial charge on any atom is -0.493 e. The van der Waals surface area contributed by atoms with Crippen molar-refractivity contribution in [1.29, 1.82) is 0 Å². The summed E-state index contributed by atoms with van der Waals surface area (Å²) in [7, 11) is 4.52. The number of hydrogen-bond donors (Lipinski definition) is 2. The Bertz CT molecular complexity index is 570. The third kappa shape index (κ3) is 1.30. The van der Waals surface area contributed by atoms with Gasteiger partial charge in [-0.05, 0) is 6.07 Å². The molecule has 0 aliphatic heterocycles. The first-order valence-electron chi connectivity index (χ1n) is 4.62. The maximum Gasteiger partial charge on any atom is 0.272 e. The summed E-state index contributed by atoms with van der Waals surface area (Å²) >= 11 is 0. The van der Waals surface area contributed by atoms with Crippen molar-refractivity contribution in [1.82, 2.24) is 10.2 Å². The average molecular weight is 224 g/mol. The molecule has 2 rings (SSSR count). The summed E-state index contributed by atoms with van der Waals surface area (Å²) in [4.78, 5) is 11.5. The van der Waals surface area contributed by atoms with E-state index in [0.717, 1.165) is 0 Å². The SMILES string of the molecule is COc1cc2c(=O)[nH][nH]c2c(OC)c1OC. The van der Waals surface area contributed by atoms with Crippen LogP contribution in [0.1, 0.15) is 0 Å². The predicted molar refractivity (Wildman–Crippen MR) is 58.6 cm³/mol. The molecule has 1 aromatic heterocycles. The Hall–Kier alpha value is -2.11. The standard InChI is InChI=1S/C10H12N2O4/c1-14-6-4-5-7(11-12-10(5)13)9(16-3)8(6)15-2/h4H,1-3H3,(H2,11,12,13). The first-order valence-corrected chi connectivity index (χ1v) is 4.62. The van der Waals surface area contributed by atoms with E-state index in [1.807, 2.05) is 0 Å². The van der Waals surface area contributed by atoms with Crippen LogP contribution in [0.25, 0.3) is 10.9 Å². The summed E-state index contributed by atoms with van der Waals surface area (Å²) < 4.78 is 15.5. The lowest BCUT2D eigenvalue weighted by atomic mass is 10.2. The van der Waals surface area contributed by atoms with Crippen LogP contribution in [-0.4, -0.2) is 31.5 Å². The zero-order valence-corrected chi connectivity index (χ0v) is 9.21. The highest BCUT2D eigenvalue weighted by Gasteiger charge is 2.18. The van der Waals surface area contributed by atoms with Crippen molar-refractivity contribution in [3.05, 3.63) is 16.4 Å². The fraction of sp³-hybridized carbons (Fsp3) is 0.300. The molecule has 16 heavy (non-hydrogen) atoms. The molecule has 0 bridgehead atoms. The molecular formula is C10H12N2O4. The van der Waals surface area contributed by atoms with Gasteiger partial charge in [0.25, 0.3) is 5.56 Å². The molecule has 0 radical (unpaired) electrons. The third-order valence-corrected chi connectivity index (χ3v) is 2.38. The number of hydrogen-bond acceptors (Lipinski definition) is 4. The van der Waals surface area contributed by atoms with Crippen LogP contribution in [0.3, 0.4) is 0 Å². The number of methoxy groups -OCH3 is 3. The van der Waals surface area contributed by atoms with Crippen LogP contribution in [0.15, 0.2) is 10.9 Å². The molecule has 0 aliphatic rings. The van der Waals surface area contributed by atoms with Crippen molar-refractivity contribution < 1.29 is 14.2 Å². The van der Waals surface area contributed by atoms with Gasteiger partial charge in [0.1, 0.15) is 5.52 Å². The summed E-state index contributed by atoms with van der Waals surface area (Å²) in [5, 5.41) is 5.68. The van der Waals surface area contributed by atoms with Gasteiger partial charge in [-0.3, -0.25) is 15.0 Å². The molecule has 6 nitrogen and oxygen atoms in total. The molecular weight excluding hydrogens is 212 g/mol. The van der Waals surface area contributed by atoms with Crippen molar-refractivity contribution in [3.63, 3.8) is 0 Å². The predicted octanol–water partition coefficient (Wildman–Crippen LogP) is 0.882. The first-order chi connectivity index (χ1) is 7.72. The smallest absolute Gasteiger partial charge is 0.272 e. The molecule has 86 valence electrons. The summed E-state index contributed by atoms with van der Waals surface area (Å²) in [5.41, 5.74) is 0.333. The van der Waals surface area contributed by atoms with Gasteiger partial charge in [-0.1, -0.05) is 0 Å². The second kappa shape index (κ2) is 3.80. The monoisotopic (exact) mass is 224 g/mol. The summed E-state index contributed by atoms with van der Waals surface area (Å²) in [6.45, 7) is 0. The summed E-state index contributed by atoms with van der Waals surface area (Å²) in [5.74, 6) is 1.35. The van der Waals surface area contributed by atoms with Crippen molar-refractivity contribution in [2.45, 2.75) is 0 Å². The zero-order valence-electron chi connectivity index (χ0n) is 9.21.